The Hall–Kier alpha value is -2.78. The van der Waals surface area contributed by atoms with Crippen LogP contribution in [0.15, 0.2) is 72.3 Å². The highest BCUT2D eigenvalue weighted by Crippen LogP contribution is 2.46. The van der Waals surface area contributed by atoms with E-state index < -0.39 is 0 Å². The van der Waals surface area contributed by atoms with Crippen LogP contribution in [0.1, 0.15) is 30.4 Å². The number of ether oxygens (including phenoxy) is 1. The molecule has 142 valence electrons. The third-order valence-electron chi connectivity index (χ3n) is 5.19. The third-order valence-corrected chi connectivity index (χ3v) is 5.31. The van der Waals surface area contributed by atoms with Gasteiger partial charge in [0.15, 0.2) is 0 Å². The van der Waals surface area contributed by atoms with Crippen LogP contribution in [0, 0.1) is 0 Å². The standard InChI is InChI=1S/C24H22ClNO2/c1-3-28-22-11-7-6-10-19(22)20-14-23(27)26(15-16(2)25)21-13-12-17-8-4-5-9-18(17)24(20)21/h4-13,20H,2-3,14-15H2,1H3. The van der Waals surface area contributed by atoms with Crippen LogP contribution in [0.25, 0.3) is 10.8 Å². The predicted molar refractivity (Wildman–Crippen MR) is 115 cm³/mol. The molecular formula is C24H22ClNO2. The summed E-state index contributed by atoms with van der Waals surface area (Å²) in [6, 6.07) is 20.4. The molecule has 1 heterocycles. The Kier molecular flexibility index (Phi) is 5.10. The highest BCUT2D eigenvalue weighted by atomic mass is 35.5. The van der Waals surface area contributed by atoms with Gasteiger partial charge in [-0.3, -0.25) is 4.79 Å². The van der Waals surface area contributed by atoms with Gasteiger partial charge >= 0.3 is 0 Å². The summed E-state index contributed by atoms with van der Waals surface area (Å²) in [6.45, 7) is 6.65. The summed E-state index contributed by atoms with van der Waals surface area (Å²) in [5.41, 5.74) is 3.08. The summed E-state index contributed by atoms with van der Waals surface area (Å²) in [6.07, 6.45) is 0.370. The number of benzene rings is 3. The van der Waals surface area contributed by atoms with E-state index >= 15 is 0 Å². The monoisotopic (exact) mass is 391 g/mol. The topological polar surface area (TPSA) is 29.5 Å². The van der Waals surface area contributed by atoms with Crippen molar-refractivity contribution in [2.24, 2.45) is 0 Å². The summed E-state index contributed by atoms with van der Waals surface area (Å²) < 4.78 is 5.88. The number of nitrogens with zero attached hydrogens (tertiary/aromatic N) is 1. The zero-order chi connectivity index (χ0) is 19.7. The lowest BCUT2D eigenvalue weighted by atomic mass is 9.81. The molecule has 0 saturated heterocycles. The number of halogens is 1. The van der Waals surface area contributed by atoms with Crippen molar-refractivity contribution in [3.8, 4) is 5.75 Å². The van der Waals surface area contributed by atoms with E-state index in [4.69, 9.17) is 16.3 Å². The van der Waals surface area contributed by atoms with Gasteiger partial charge < -0.3 is 9.64 Å². The van der Waals surface area contributed by atoms with Crippen molar-refractivity contribution < 1.29 is 9.53 Å². The van der Waals surface area contributed by atoms with Gasteiger partial charge in [-0.1, -0.05) is 66.7 Å². The fraction of sp³-hybridized carbons (Fsp3) is 0.208. The summed E-state index contributed by atoms with van der Waals surface area (Å²) in [4.78, 5) is 14.8. The maximum absolute atomic E-state index is 13.1. The normalized spacial score (nSPS) is 16.1. The number of hydrogen-bond donors (Lipinski definition) is 0. The molecule has 1 unspecified atom stereocenters. The SMILES string of the molecule is C=C(Cl)CN1C(=O)CC(c2ccccc2OCC)c2c1ccc1ccccc21. The minimum absolute atomic E-state index is 0.0425. The number of fused-ring (bicyclic) bond motifs is 3. The molecule has 0 aromatic heterocycles. The molecule has 1 aliphatic rings. The molecule has 0 bridgehead atoms. The minimum Gasteiger partial charge on any atom is -0.494 e. The van der Waals surface area contributed by atoms with E-state index in [2.05, 4.69) is 30.8 Å². The second-order valence-electron chi connectivity index (χ2n) is 6.94. The van der Waals surface area contributed by atoms with Crippen LogP contribution in [0.3, 0.4) is 0 Å². The number of carbonyl (C=O) groups excluding carboxylic acids is 1. The molecule has 0 fully saturated rings. The van der Waals surface area contributed by atoms with E-state index in [9.17, 15) is 4.79 Å². The second kappa shape index (κ2) is 7.69. The first-order valence-corrected chi connectivity index (χ1v) is 9.85. The Morgan fingerprint density at radius 3 is 2.68 bits per heavy atom. The van der Waals surface area contributed by atoms with E-state index in [1.54, 1.807) is 4.90 Å². The highest BCUT2D eigenvalue weighted by Gasteiger charge is 2.34. The largest absolute Gasteiger partial charge is 0.494 e. The van der Waals surface area contributed by atoms with E-state index in [0.717, 1.165) is 33.3 Å². The van der Waals surface area contributed by atoms with Crippen molar-refractivity contribution in [2.45, 2.75) is 19.3 Å². The van der Waals surface area contributed by atoms with Crippen molar-refractivity contribution in [3.05, 3.63) is 83.4 Å². The molecule has 0 spiro atoms. The van der Waals surface area contributed by atoms with Crippen LogP contribution in [-0.2, 0) is 4.79 Å². The van der Waals surface area contributed by atoms with Gasteiger partial charge in [0.1, 0.15) is 5.75 Å². The third kappa shape index (κ3) is 3.27. The van der Waals surface area contributed by atoms with Crippen molar-refractivity contribution in [3.63, 3.8) is 0 Å². The average molecular weight is 392 g/mol. The molecule has 0 saturated carbocycles. The number of amides is 1. The number of carbonyl (C=O) groups is 1. The Labute approximate surface area is 170 Å². The highest BCUT2D eigenvalue weighted by molar-refractivity contribution is 6.30. The van der Waals surface area contributed by atoms with Gasteiger partial charge in [0, 0.05) is 28.6 Å². The lowest BCUT2D eigenvalue weighted by Crippen LogP contribution is -2.38. The van der Waals surface area contributed by atoms with Crippen LogP contribution in [0.2, 0.25) is 0 Å². The lowest BCUT2D eigenvalue weighted by molar-refractivity contribution is -0.119. The summed E-state index contributed by atoms with van der Waals surface area (Å²) in [5.74, 6) is 0.800. The summed E-state index contributed by atoms with van der Waals surface area (Å²) in [7, 11) is 0. The number of anilines is 1. The molecule has 1 atom stereocenters. The quantitative estimate of drug-likeness (QED) is 0.545. The second-order valence-corrected chi connectivity index (χ2v) is 7.48. The molecule has 0 N–H and O–H groups in total. The fourth-order valence-corrected chi connectivity index (χ4v) is 4.19. The molecule has 28 heavy (non-hydrogen) atoms. The summed E-state index contributed by atoms with van der Waals surface area (Å²) >= 11 is 6.07. The van der Waals surface area contributed by atoms with E-state index in [0.29, 0.717) is 24.6 Å². The fourth-order valence-electron chi connectivity index (χ4n) is 4.07. The molecule has 3 aromatic carbocycles. The Morgan fingerprint density at radius 2 is 1.89 bits per heavy atom. The van der Waals surface area contributed by atoms with E-state index in [-0.39, 0.29) is 11.8 Å². The maximum atomic E-state index is 13.1. The molecule has 1 amide bonds. The molecule has 4 rings (SSSR count). The van der Waals surface area contributed by atoms with Crippen LogP contribution >= 0.6 is 11.6 Å². The van der Waals surface area contributed by atoms with Gasteiger partial charge in [0.25, 0.3) is 0 Å². The lowest BCUT2D eigenvalue weighted by Gasteiger charge is -2.35. The van der Waals surface area contributed by atoms with Gasteiger partial charge in [-0.05, 0) is 35.4 Å². The van der Waals surface area contributed by atoms with Crippen molar-refractivity contribution in [1.82, 2.24) is 0 Å². The first-order valence-electron chi connectivity index (χ1n) is 9.47. The molecule has 1 aliphatic heterocycles. The zero-order valence-electron chi connectivity index (χ0n) is 15.8. The number of rotatable bonds is 5. The zero-order valence-corrected chi connectivity index (χ0v) is 16.6. The first-order chi connectivity index (χ1) is 13.6. The smallest absolute Gasteiger partial charge is 0.228 e. The molecular weight excluding hydrogens is 370 g/mol. The summed E-state index contributed by atoms with van der Waals surface area (Å²) in [5, 5.41) is 2.74. The van der Waals surface area contributed by atoms with Crippen molar-refractivity contribution >= 4 is 34.0 Å². The maximum Gasteiger partial charge on any atom is 0.228 e. The van der Waals surface area contributed by atoms with Gasteiger partial charge in [-0.15, -0.1) is 0 Å². The van der Waals surface area contributed by atoms with Crippen LogP contribution in [-0.4, -0.2) is 19.1 Å². The van der Waals surface area contributed by atoms with Crippen LogP contribution in [0.5, 0.6) is 5.75 Å². The van der Waals surface area contributed by atoms with E-state index in [1.807, 2.05) is 43.3 Å². The van der Waals surface area contributed by atoms with Gasteiger partial charge in [-0.2, -0.15) is 0 Å². The van der Waals surface area contributed by atoms with Crippen molar-refractivity contribution in [1.29, 1.82) is 0 Å². The predicted octanol–water partition coefficient (Wildman–Crippen LogP) is 5.86. The minimum atomic E-state index is -0.0730. The van der Waals surface area contributed by atoms with E-state index in [1.165, 1.54) is 0 Å². The van der Waals surface area contributed by atoms with Gasteiger partial charge in [0.05, 0.1) is 13.2 Å². The van der Waals surface area contributed by atoms with Gasteiger partial charge in [-0.25, -0.2) is 0 Å². The number of para-hydroxylation sites is 1. The first kappa shape index (κ1) is 18.6. The Balaban J connectivity index is 1.97. The van der Waals surface area contributed by atoms with Gasteiger partial charge in [0.2, 0.25) is 5.91 Å². The number of hydrogen-bond acceptors (Lipinski definition) is 2. The molecule has 4 heteroatoms. The molecule has 0 aliphatic carbocycles. The molecule has 3 nitrogen and oxygen atoms in total. The molecule has 0 radical (unpaired) electrons. The average Bonchev–Trinajstić information content (AvgIpc) is 2.70. The van der Waals surface area contributed by atoms with Crippen LogP contribution < -0.4 is 9.64 Å². The Bertz CT molecular complexity index is 1060. The van der Waals surface area contributed by atoms with Crippen LogP contribution in [0.4, 0.5) is 5.69 Å². The van der Waals surface area contributed by atoms with Crippen molar-refractivity contribution in [2.75, 3.05) is 18.1 Å². The molecule has 3 aromatic rings. The Morgan fingerprint density at radius 1 is 1.14 bits per heavy atom.